The van der Waals surface area contributed by atoms with Gasteiger partial charge in [-0.3, -0.25) is 9.48 Å². The number of aryl methyl sites for hydroxylation is 2. The van der Waals surface area contributed by atoms with Gasteiger partial charge in [-0.1, -0.05) is 19.3 Å². The summed E-state index contributed by atoms with van der Waals surface area (Å²) in [6.07, 6.45) is 5.91. The van der Waals surface area contributed by atoms with Crippen molar-refractivity contribution in [1.82, 2.24) is 15.1 Å². The second kappa shape index (κ2) is 6.60. The number of carboxylic acids is 1. The highest BCUT2D eigenvalue weighted by atomic mass is 16.4. The average Bonchev–Trinajstić information content (AvgIpc) is 2.61. The van der Waals surface area contributed by atoms with Crippen LogP contribution in [-0.4, -0.2) is 32.9 Å². The molecule has 0 aliphatic heterocycles. The summed E-state index contributed by atoms with van der Waals surface area (Å²) in [5.41, 5.74) is 1.36. The Kier molecular flexibility index (Phi) is 4.82. The molecule has 1 aromatic rings. The van der Waals surface area contributed by atoms with Gasteiger partial charge in [0.1, 0.15) is 0 Å². The van der Waals surface area contributed by atoms with E-state index in [1.165, 1.54) is 0 Å². The van der Waals surface area contributed by atoms with E-state index in [1.54, 1.807) is 24.9 Å². The van der Waals surface area contributed by atoms with Crippen LogP contribution in [0.5, 0.6) is 0 Å². The van der Waals surface area contributed by atoms with Crippen molar-refractivity contribution in [3.05, 3.63) is 11.9 Å². The van der Waals surface area contributed by atoms with E-state index in [-0.39, 0.29) is 12.1 Å². The number of carboxylic acid groups (broad SMARTS) is 1. The molecule has 3 N–H and O–H groups in total. The summed E-state index contributed by atoms with van der Waals surface area (Å²) in [7, 11) is 1.78. The molecule has 0 saturated heterocycles. The van der Waals surface area contributed by atoms with Gasteiger partial charge in [0.25, 0.3) is 0 Å². The summed E-state index contributed by atoms with van der Waals surface area (Å²) in [5.74, 6) is -1.34. The number of rotatable bonds is 3. The Morgan fingerprint density at radius 1 is 1.33 bits per heavy atom. The summed E-state index contributed by atoms with van der Waals surface area (Å²) in [6.45, 7) is 1.81. The molecule has 2 amide bonds. The first-order valence-electron chi connectivity index (χ1n) is 7.28. The number of hydrogen-bond acceptors (Lipinski definition) is 3. The van der Waals surface area contributed by atoms with Crippen LogP contribution in [0.4, 0.5) is 10.5 Å². The predicted molar refractivity (Wildman–Crippen MR) is 78.1 cm³/mol. The number of aromatic nitrogens is 2. The molecule has 7 heteroatoms. The Bertz CT molecular complexity index is 526. The Labute approximate surface area is 123 Å². The predicted octanol–water partition coefficient (Wildman–Crippen LogP) is 1.88. The minimum absolute atomic E-state index is 0.318. The van der Waals surface area contributed by atoms with Gasteiger partial charge in [0.2, 0.25) is 0 Å². The van der Waals surface area contributed by atoms with Crippen molar-refractivity contribution in [2.75, 3.05) is 5.32 Å². The highest BCUT2D eigenvalue weighted by Crippen LogP contribution is 2.24. The van der Waals surface area contributed by atoms with Gasteiger partial charge in [0.05, 0.1) is 17.3 Å². The van der Waals surface area contributed by atoms with Crippen molar-refractivity contribution >= 4 is 17.7 Å². The monoisotopic (exact) mass is 294 g/mol. The maximum atomic E-state index is 12.1. The third-order valence-electron chi connectivity index (χ3n) is 3.91. The van der Waals surface area contributed by atoms with E-state index in [2.05, 4.69) is 15.7 Å². The quantitative estimate of drug-likeness (QED) is 0.742. The molecule has 21 heavy (non-hydrogen) atoms. The maximum Gasteiger partial charge on any atom is 0.319 e. The van der Waals surface area contributed by atoms with Crippen molar-refractivity contribution < 1.29 is 14.7 Å². The van der Waals surface area contributed by atoms with Crippen LogP contribution in [0, 0.1) is 12.8 Å². The zero-order valence-corrected chi connectivity index (χ0v) is 12.4. The van der Waals surface area contributed by atoms with Gasteiger partial charge in [0, 0.05) is 19.3 Å². The number of amides is 2. The summed E-state index contributed by atoms with van der Waals surface area (Å²) >= 11 is 0. The van der Waals surface area contributed by atoms with Gasteiger partial charge in [-0.05, 0) is 19.8 Å². The first kappa shape index (κ1) is 15.3. The molecule has 1 aliphatic carbocycles. The molecule has 116 valence electrons. The summed E-state index contributed by atoms with van der Waals surface area (Å²) < 4.78 is 1.62. The molecule has 2 atom stereocenters. The van der Waals surface area contributed by atoms with E-state index in [1.807, 2.05) is 0 Å². The van der Waals surface area contributed by atoms with Crippen molar-refractivity contribution in [3.63, 3.8) is 0 Å². The van der Waals surface area contributed by atoms with Crippen molar-refractivity contribution in [2.24, 2.45) is 13.0 Å². The molecule has 1 aliphatic rings. The van der Waals surface area contributed by atoms with E-state index in [4.69, 9.17) is 0 Å². The third-order valence-corrected chi connectivity index (χ3v) is 3.91. The lowest BCUT2D eigenvalue weighted by Gasteiger charge is -2.22. The number of carbonyl (C=O) groups excluding carboxylic acids is 1. The van der Waals surface area contributed by atoms with Gasteiger partial charge < -0.3 is 15.7 Å². The Morgan fingerprint density at radius 2 is 2.05 bits per heavy atom. The second-order valence-electron chi connectivity index (χ2n) is 5.59. The summed E-state index contributed by atoms with van der Waals surface area (Å²) in [6, 6.07) is -0.689. The largest absolute Gasteiger partial charge is 0.481 e. The molecule has 0 radical (unpaired) electrons. The first-order valence-corrected chi connectivity index (χ1v) is 7.28. The Morgan fingerprint density at radius 3 is 2.67 bits per heavy atom. The van der Waals surface area contributed by atoms with Crippen LogP contribution in [0.1, 0.15) is 37.8 Å². The van der Waals surface area contributed by atoms with E-state index in [0.29, 0.717) is 18.5 Å². The molecule has 0 spiro atoms. The van der Waals surface area contributed by atoms with Gasteiger partial charge >= 0.3 is 12.0 Å². The Balaban J connectivity index is 1.99. The fourth-order valence-corrected chi connectivity index (χ4v) is 2.83. The van der Waals surface area contributed by atoms with Crippen molar-refractivity contribution in [1.29, 1.82) is 0 Å². The number of hydrogen-bond donors (Lipinski definition) is 3. The van der Waals surface area contributed by atoms with Crippen LogP contribution in [0.2, 0.25) is 0 Å². The number of anilines is 1. The van der Waals surface area contributed by atoms with E-state index >= 15 is 0 Å². The van der Waals surface area contributed by atoms with Gasteiger partial charge in [-0.15, -0.1) is 0 Å². The highest BCUT2D eigenvalue weighted by molar-refractivity contribution is 5.90. The maximum absolute atomic E-state index is 12.1. The van der Waals surface area contributed by atoms with E-state index in [9.17, 15) is 14.7 Å². The van der Waals surface area contributed by atoms with Crippen molar-refractivity contribution in [2.45, 2.75) is 45.1 Å². The molecule has 1 heterocycles. The molecule has 1 saturated carbocycles. The van der Waals surface area contributed by atoms with Crippen LogP contribution in [0.3, 0.4) is 0 Å². The lowest BCUT2D eigenvalue weighted by Crippen LogP contribution is -2.44. The molecule has 2 rings (SSSR count). The molecular weight excluding hydrogens is 272 g/mol. The zero-order chi connectivity index (χ0) is 15.4. The molecule has 7 nitrogen and oxygen atoms in total. The van der Waals surface area contributed by atoms with Gasteiger partial charge in [-0.2, -0.15) is 5.10 Å². The van der Waals surface area contributed by atoms with Crippen LogP contribution < -0.4 is 10.6 Å². The van der Waals surface area contributed by atoms with Crippen molar-refractivity contribution in [3.8, 4) is 0 Å². The fraction of sp³-hybridized carbons (Fsp3) is 0.643. The summed E-state index contributed by atoms with van der Waals surface area (Å²) in [5, 5.41) is 19.0. The number of nitrogens with one attached hydrogen (secondary N) is 2. The van der Waals surface area contributed by atoms with Crippen LogP contribution >= 0.6 is 0 Å². The SMILES string of the molecule is Cc1nn(C)cc1NC(=O)NC1CCCCCC1C(=O)O. The lowest BCUT2D eigenvalue weighted by atomic mass is 9.95. The first-order chi connectivity index (χ1) is 9.97. The topological polar surface area (TPSA) is 96.3 Å². The molecule has 0 aromatic carbocycles. The van der Waals surface area contributed by atoms with Crippen LogP contribution in [0.25, 0.3) is 0 Å². The Hall–Kier alpha value is -2.05. The molecule has 0 bridgehead atoms. The van der Waals surface area contributed by atoms with Gasteiger partial charge in [0.15, 0.2) is 0 Å². The van der Waals surface area contributed by atoms with E-state index in [0.717, 1.165) is 25.0 Å². The molecule has 2 unspecified atom stereocenters. The van der Waals surface area contributed by atoms with Crippen LogP contribution in [-0.2, 0) is 11.8 Å². The number of aliphatic carboxylic acids is 1. The highest BCUT2D eigenvalue weighted by Gasteiger charge is 2.30. The normalized spacial score (nSPS) is 22.4. The minimum atomic E-state index is -0.834. The van der Waals surface area contributed by atoms with Gasteiger partial charge in [-0.25, -0.2) is 4.79 Å². The van der Waals surface area contributed by atoms with Crippen LogP contribution in [0.15, 0.2) is 6.20 Å². The standard InChI is InChI=1S/C14H22N4O3/c1-9-12(8-18(2)17-9)16-14(21)15-11-7-5-3-4-6-10(11)13(19)20/h8,10-11H,3-7H2,1-2H3,(H,19,20)(H2,15,16,21). The number of urea groups is 1. The number of nitrogens with zero attached hydrogens (tertiary/aromatic N) is 2. The second-order valence-corrected chi connectivity index (χ2v) is 5.59. The third kappa shape index (κ3) is 3.96. The van der Waals surface area contributed by atoms with E-state index < -0.39 is 11.9 Å². The summed E-state index contributed by atoms with van der Waals surface area (Å²) in [4.78, 5) is 23.4. The number of carbonyl (C=O) groups is 2. The average molecular weight is 294 g/mol. The zero-order valence-electron chi connectivity index (χ0n) is 12.4. The molecule has 1 aromatic heterocycles. The lowest BCUT2D eigenvalue weighted by molar-refractivity contribution is -0.142. The smallest absolute Gasteiger partial charge is 0.319 e. The fourth-order valence-electron chi connectivity index (χ4n) is 2.83. The molecule has 1 fully saturated rings. The molecular formula is C14H22N4O3. The minimum Gasteiger partial charge on any atom is -0.481 e.